The third-order valence-electron chi connectivity index (χ3n) is 2.70. The molecule has 1 unspecified atom stereocenters. The lowest BCUT2D eigenvalue weighted by Crippen LogP contribution is -2.52. The lowest BCUT2D eigenvalue weighted by atomic mass is 10.0. The maximum atomic E-state index is 13.5. The number of alkyl halides is 3. The van der Waals surface area contributed by atoms with Crippen molar-refractivity contribution >= 4 is 23.4 Å². The first-order valence-corrected chi connectivity index (χ1v) is 6.05. The zero-order valence-corrected chi connectivity index (χ0v) is 11.1. The Hall–Kier alpha value is -1.98. The standard InChI is InChI=1S/C12H8ClF3N2O3/c13-7-2-3-9-8(6-7)11(12(14,15)16,20-5-1-4-17)21-10(19)18-9/h2-3,6H,1,5H2,(H,18,19). The van der Waals surface area contributed by atoms with Gasteiger partial charge >= 0.3 is 18.1 Å². The lowest BCUT2D eigenvalue weighted by Gasteiger charge is -2.38. The molecule has 2 rings (SSSR count). The van der Waals surface area contributed by atoms with Gasteiger partial charge in [-0.25, -0.2) is 4.79 Å². The number of cyclic esters (lactones) is 1. The second-order valence-corrected chi connectivity index (χ2v) is 4.51. The van der Waals surface area contributed by atoms with Gasteiger partial charge in [0.25, 0.3) is 0 Å². The third kappa shape index (κ3) is 2.75. The minimum Gasteiger partial charge on any atom is -0.402 e. The molecule has 1 aromatic rings. The van der Waals surface area contributed by atoms with Gasteiger partial charge in [-0.15, -0.1) is 0 Å². The van der Waals surface area contributed by atoms with E-state index in [1.54, 1.807) is 6.07 Å². The quantitative estimate of drug-likeness (QED) is 0.865. The molecule has 1 heterocycles. The van der Waals surface area contributed by atoms with Gasteiger partial charge in [0.15, 0.2) is 0 Å². The Labute approximate surface area is 122 Å². The van der Waals surface area contributed by atoms with Crippen LogP contribution in [-0.4, -0.2) is 18.9 Å². The van der Waals surface area contributed by atoms with E-state index < -0.39 is 30.2 Å². The van der Waals surface area contributed by atoms with Crippen LogP contribution in [0, 0.1) is 11.3 Å². The summed E-state index contributed by atoms with van der Waals surface area (Å²) >= 11 is 5.71. The number of nitriles is 1. The Bertz CT molecular complexity index is 615. The van der Waals surface area contributed by atoms with Gasteiger partial charge in [0.2, 0.25) is 0 Å². The highest BCUT2D eigenvalue weighted by atomic mass is 35.5. The molecule has 9 heteroatoms. The summed E-state index contributed by atoms with van der Waals surface area (Å²) in [5.74, 6) is -3.29. The molecule has 112 valence electrons. The molecule has 1 aromatic carbocycles. The number of nitrogens with one attached hydrogen (secondary N) is 1. The fraction of sp³-hybridized carbons (Fsp3) is 0.333. The Morgan fingerprint density at radius 1 is 1.48 bits per heavy atom. The average Bonchev–Trinajstić information content (AvgIpc) is 2.38. The van der Waals surface area contributed by atoms with Crippen molar-refractivity contribution < 1.29 is 27.4 Å². The van der Waals surface area contributed by atoms with Crippen LogP contribution in [0.3, 0.4) is 0 Å². The van der Waals surface area contributed by atoms with E-state index in [0.717, 1.165) is 6.07 Å². The molecule has 0 bridgehead atoms. The third-order valence-corrected chi connectivity index (χ3v) is 2.94. The summed E-state index contributed by atoms with van der Waals surface area (Å²) in [6.45, 7) is -0.560. The second-order valence-electron chi connectivity index (χ2n) is 4.08. The zero-order valence-electron chi connectivity index (χ0n) is 10.3. The zero-order chi connectivity index (χ0) is 15.7. The van der Waals surface area contributed by atoms with Crippen molar-refractivity contribution in [3.05, 3.63) is 28.8 Å². The van der Waals surface area contributed by atoms with Crippen LogP contribution in [0.2, 0.25) is 5.02 Å². The number of fused-ring (bicyclic) bond motifs is 1. The molecule has 5 nitrogen and oxygen atoms in total. The number of nitrogens with zero attached hydrogens (tertiary/aromatic N) is 1. The SMILES string of the molecule is N#CCCOC1(C(F)(F)F)OC(=O)Nc2ccc(Cl)cc21. The second kappa shape index (κ2) is 5.42. The number of rotatable bonds is 3. The molecular formula is C12H8ClF3N2O3. The van der Waals surface area contributed by atoms with Crippen molar-refractivity contribution in [2.45, 2.75) is 18.4 Å². The fourth-order valence-electron chi connectivity index (χ4n) is 1.86. The number of hydrogen-bond donors (Lipinski definition) is 1. The van der Waals surface area contributed by atoms with E-state index in [1.165, 1.54) is 12.1 Å². The maximum absolute atomic E-state index is 13.5. The highest BCUT2D eigenvalue weighted by Crippen LogP contribution is 2.48. The minimum atomic E-state index is -5.04. The summed E-state index contributed by atoms with van der Waals surface area (Å²) in [4.78, 5) is 11.4. The molecule has 0 saturated heterocycles. The number of carbonyl (C=O) groups excluding carboxylic acids is 1. The molecule has 1 aliphatic rings. The lowest BCUT2D eigenvalue weighted by molar-refractivity contribution is -0.371. The van der Waals surface area contributed by atoms with Crippen molar-refractivity contribution in [2.24, 2.45) is 0 Å². The molecule has 0 saturated carbocycles. The van der Waals surface area contributed by atoms with Gasteiger partial charge in [-0.05, 0) is 18.2 Å². The maximum Gasteiger partial charge on any atom is 0.460 e. The van der Waals surface area contributed by atoms with Gasteiger partial charge < -0.3 is 9.47 Å². The predicted molar refractivity (Wildman–Crippen MR) is 65.5 cm³/mol. The Kier molecular flexibility index (Phi) is 3.98. The normalized spacial score (nSPS) is 21.0. The average molecular weight is 321 g/mol. The molecule has 1 amide bonds. The molecule has 0 spiro atoms. The number of hydrogen-bond acceptors (Lipinski definition) is 4. The summed E-state index contributed by atoms with van der Waals surface area (Å²) in [5, 5.41) is 10.6. The molecule has 0 radical (unpaired) electrons. The highest BCUT2D eigenvalue weighted by Gasteiger charge is 2.64. The molecule has 21 heavy (non-hydrogen) atoms. The summed E-state index contributed by atoms with van der Waals surface area (Å²) < 4.78 is 49.5. The van der Waals surface area contributed by atoms with Crippen LogP contribution in [-0.2, 0) is 15.3 Å². The molecule has 1 atom stereocenters. The Balaban J connectivity index is 2.56. The topological polar surface area (TPSA) is 71.3 Å². The van der Waals surface area contributed by atoms with E-state index in [-0.39, 0.29) is 17.1 Å². The van der Waals surface area contributed by atoms with Crippen LogP contribution in [0.1, 0.15) is 12.0 Å². The Morgan fingerprint density at radius 3 is 2.81 bits per heavy atom. The molecule has 0 aliphatic carbocycles. The molecule has 1 aliphatic heterocycles. The van der Waals surface area contributed by atoms with Crippen LogP contribution >= 0.6 is 11.6 Å². The number of amides is 1. The summed E-state index contributed by atoms with van der Waals surface area (Å²) in [7, 11) is 0. The van der Waals surface area contributed by atoms with Crippen molar-refractivity contribution in [1.82, 2.24) is 0 Å². The summed E-state index contributed by atoms with van der Waals surface area (Å²) in [6, 6.07) is 5.18. The highest BCUT2D eigenvalue weighted by molar-refractivity contribution is 6.30. The molecule has 0 aromatic heterocycles. The summed E-state index contributed by atoms with van der Waals surface area (Å²) in [5.41, 5.74) is -0.593. The largest absolute Gasteiger partial charge is 0.460 e. The monoisotopic (exact) mass is 320 g/mol. The van der Waals surface area contributed by atoms with Crippen molar-refractivity contribution in [3.63, 3.8) is 0 Å². The Morgan fingerprint density at radius 2 is 2.19 bits per heavy atom. The fourth-order valence-corrected chi connectivity index (χ4v) is 2.03. The van der Waals surface area contributed by atoms with E-state index in [1.807, 2.05) is 0 Å². The van der Waals surface area contributed by atoms with Crippen molar-refractivity contribution in [2.75, 3.05) is 11.9 Å². The van der Waals surface area contributed by atoms with Gasteiger partial charge in [0, 0.05) is 5.02 Å². The molecular weight excluding hydrogens is 313 g/mol. The van der Waals surface area contributed by atoms with Crippen LogP contribution in [0.15, 0.2) is 18.2 Å². The van der Waals surface area contributed by atoms with Gasteiger partial charge in [0.05, 0.1) is 30.3 Å². The number of benzene rings is 1. The number of ether oxygens (including phenoxy) is 2. The van der Waals surface area contributed by atoms with E-state index in [2.05, 4.69) is 10.1 Å². The van der Waals surface area contributed by atoms with E-state index >= 15 is 0 Å². The smallest absolute Gasteiger partial charge is 0.402 e. The van der Waals surface area contributed by atoms with Gasteiger partial charge in [-0.1, -0.05) is 11.6 Å². The van der Waals surface area contributed by atoms with Crippen molar-refractivity contribution in [3.8, 4) is 6.07 Å². The van der Waals surface area contributed by atoms with Crippen molar-refractivity contribution in [1.29, 1.82) is 5.26 Å². The minimum absolute atomic E-state index is 0.0195. The number of halogens is 4. The van der Waals surface area contributed by atoms with Crippen LogP contribution in [0.5, 0.6) is 0 Å². The number of carbonyl (C=O) groups is 1. The van der Waals surface area contributed by atoms with E-state index in [0.29, 0.717) is 0 Å². The summed E-state index contributed by atoms with van der Waals surface area (Å²) in [6.07, 6.45) is -6.64. The predicted octanol–water partition coefficient (Wildman–Crippen LogP) is 3.55. The first-order valence-electron chi connectivity index (χ1n) is 5.68. The van der Waals surface area contributed by atoms with Gasteiger partial charge in [-0.3, -0.25) is 5.32 Å². The van der Waals surface area contributed by atoms with E-state index in [9.17, 15) is 18.0 Å². The molecule has 0 fully saturated rings. The van der Waals surface area contributed by atoms with Crippen LogP contribution in [0.25, 0.3) is 0 Å². The first-order chi connectivity index (χ1) is 9.80. The first kappa shape index (κ1) is 15.4. The van der Waals surface area contributed by atoms with Crippen LogP contribution < -0.4 is 5.32 Å². The van der Waals surface area contributed by atoms with Crippen LogP contribution in [0.4, 0.5) is 23.7 Å². The van der Waals surface area contributed by atoms with Gasteiger partial charge in [0.1, 0.15) is 0 Å². The van der Waals surface area contributed by atoms with E-state index in [4.69, 9.17) is 21.6 Å². The molecule has 1 N–H and O–H groups in total. The number of anilines is 1. The van der Waals surface area contributed by atoms with Gasteiger partial charge in [-0.2, -0.15) is 18.4 Å².